The molecule has 3 heterocycles. The van der Waals surface area contributed by atoms with Crippen molar-refractivity contribution in [1.82, 2.24) is 30.2 Å². The summed E-state index contributed by atoms with van der Waals surface area (Å²) in [6.45, 7) is 0.115. The number of hydrogen-bond donors (Lipinski definition) is 5. The molecule has 2 aromatic rings. The molecule has 7 unspecified atom stereocenters. The largest absolute Gasteiger partial charge is 0.790 e. The summed E-state index contributed by atoms with van der Waals surface area (Å²) in [6.07, 6.45) is -7.55. The number of anilines is 1. The smallest absolute Gasteiger partial charge is 0.274 e. The Kier molecular flexibility index (Phi) is 14.6. The molecule has 3 rings (SSSR count). The summed E-state index contributed by atoms with van der Waals surface area (Å²) in [4.78, 5) is 93.5. The van der Waals surface area contributed by atoms with Crippen LogP contribution < -0.4 is 35.9 Å². The molecule has 2 amide bonds. The fourth-order valence-corrected chi connectivity index (χ4v) is 7.27. The number of fused-ring (bicyclic) bond motifs is 1. The second kappa shape index (κ2) is 17.4. The first-order chi connectivity index (χ1) is 23.2. The van der Waals surface area contributed by atoms with Crippen molar-refractivity contribution in [2.24, 2.45) is 5.41 Å². The van der Waals surface area contributed by atoms with Crippen LogP contribution in [0.2, 0.25) is 0 Å². The van der Waals surface area contributed by atoms with Gasteiger partial charge in [-0.05, 0) is 0 Å². The Hall–Kier alpha value is -2.44. The third kappa shape index (κ3) is 12.1. The molecule has 0 spiro atoms. The number of imidazole rings is 1. The highest BCUT2D eigenvalue weighted by Crippen LogP contribution is 2.56. The van der Waals surface area contributed by atoms with Gasteiger partial charge in [0.05, 0.1) is 27.4 Å². The van der Waals surface area contributed by atoms with Gasteiger partial charge in [0.25, 0.3) is 15.6 Å². The Bertz CT molecular complexity index is 1660. The third-order valence-corrected chi connectivity index (χ3v) is 10.3. The minimum atomic E-state index is -5.90. The average molecular weight is 792 g/mol. The number of nitrogen functional groups attached to an aromatic ring is 1. The SMILES string of the molecule is CC(C)(COP(=O)([O-])OP(=O)([O-])OCC1OC(n2cnc3c(N)ncnc32)C(O)C1OP(=O)([O-])[O-])C(O)C(=O)NCCC(=O)NCCSC=O. The van der Waals surface area contributed by atoms with Crippen molar-refractivity contribution in [3.05, 3.63) is 12.7 Å². The molecular formula is C22H32N7O17P3S-4. The second-order valence-electron chi connectivity index (χ2n) is 11.0. The molecular weight excluding hydrogens is 759 g/mol. The number of amides is 2. The number of nitrogens with one attached hydrogen (secondary N) is 2. The number of rotatable bonds is 20. The van der Waals surface area contributed by atoms with Gasteiger partial charge in [-0.25, -0.2) is 19.3 Å². The highest BCUT2D eigenvalue weighted by atomic mass is 32.2. The van der Waals surface area contributed by atoms with Crippen LogP contribution in [-0.4, -0.2) is 104 Å². The van der Waals surface area contributed by atoms with Crippen LogP contribution in [-0.2, 0) is 50.7 Å². The fourth-order valence-electron chi connectivity index (χ4n) is 4.21. The van der Waals surface area contributed by atoms with Crippen LogP contribution in [0.1, 0.15) is 26.5 Å². The van der Waals surface area contributed by atoms with Gasteiger partial charge >= 0.3 is 0 Å². The van der Waals surface area contributed by atoms with Gasteiger partial charge in [-0.15, -0.1) is 0 Å². The van der Waals surface area contributed by atoms with Crippen molar-refractivity contribution in [3.8, 4) is 0 Å². The normalized spacial score (nSPS) is 22.8. The van der Waals surface area contributed by atoms with Crippen molar-refractivity contribution < 1.29 is 80.5 Å². The lowest BCUT2D eigenvalue weighted by molar-refractivity contribution is -0.347. The zero-order chi connectivity index (χ0) is 37.5. The van der Waals surface area contributed by atoms with E-state index in [1.807, 2.05) is 0 Å². The average Bonchev–Trinajstić information content (AvgIpc) is 3.57. The Morgan fingerprint density at radius 1 is 1.14 bits per heavy atom. The first-order valence-electron chi connectivity index (χ1n) is 14.0. The van der Waals surface area contributed by atoms with E-state index in [4.69, 9.17) is 10.5 Å². The van der Waals surface area contributed by atoms with E-state index in [0.717, 1.165) is 29.0 Å². The van der Waals surface area contributed by atoms with Gasteiger partial charge in [0.15, 0.2) is 23.3 Å². The Labute approximate surface area is 286 Å². The topological polar surface area (TPSA) is 375 Å². The molecule has 0 aromatic carbocycles. The van der Waals surface area contributed by atoms with E-state index in [1.165, 1.54) is 13.8 Å². The lowest BCUT2D eigenvalue weighted by Gasteiger charge is -2.36. The van der Waals surface area contributed by atoms with Crippen molar-refractivity contribution in [2.75, 3.05) is 37.8 Å². The molecule has 0 saturated carbocycles. The number of nitrogens with zero attached hydrogens (tertiary/aromatic N) is 4. The number of phosphoric ester groups is 3. The van der Waals surface area contributed by atoms with E-state index in [2.05, 4.69) is 43.5 Å². The van der Waals surface area contributed by atoms with E-state index in [-0.39, 0.29) is 36.5 Å². The molecule has 282 valence electrons. The molecule has 0 radical (unpaired) electrons. The van der Waals surface area contributed by atoms with Crippen LogP contribution >= 0.6 is 35.2 Å². The summed E-state index contributed by atoms with van der Waals surface area (Å²) < 4.78 is 60.1. The van der Waals surface area contributed by atoms with E-state index in [9.17, 15) is 57.9 Å². The van der Waals surface area contributed by atoms with Crippen LogP contribution in [0.4, 0.5) is 5.82 Å². The quantitative estimate of drug-likeness (QED) is 0.0482. The Balaban J connectivity index is 1.57. The summed E-state index contributed by atoms with van der Waals surface area (Å²) in [7, 11) is -17.6. The van der Waals surface area contributed by atoms with Crippen LogP contribution in [0, 0.1) is 5.41 Å². The molecule has 2 aromatic heterocycles. The summed E-state index contributed by atoms with van der Waals surface area (Å²) in [5, 5.41) is 25.9. The second-order valence-corrected chi connectivity index (χ2v) is 15.9. The lowest BCUT2D eigenvalue weighted by Crippen LogP contribution is -2.46. The van der Waals surface area contributed by atoms with Gasteiger partial charge in [-0.1, -0.05) is 25.6 Å². The zero-order valence-corrected chi connectivity index (χ0v) is 29.5. The molecule has 24 nitrogen and oxygen atoms in total. The molecule has 1 aliphatic rings. The summed E-state index contributed by atoms with van der Waals surface area (Å²) in [5.41, 5.74) is 4.68. The number of phosphoric acid groups is 3. The number of hydrogen-bond acceptors (Lipinski definition) is 22. The van der Waals surface area contributed by atoms with E-state index < -0.39 is 84.6 Å². The number of aliphatic hydroxyl groups excluding tert-OH is 2. The van der Waals surface area contributed by atoms with Gasteiger partial charge in [-0.2, -0.15) is 0 Å². The number of aliphatic hydroxyl groups is 2. The maximum absolute atomic E-state index is 12.4. The minimum Gasteiger partial charge on any atom is -0.790 e. The Morgan fingerprint density at radius 3 is 2.48 bits per heavy atom. The van der Waals surface area contributed by atoms with E-state index in [1.54, 1.807) is 0 Å². The molecule has 0 bridgehead atoms. The molecule has 1 aliphatic heterocycles. The standard InChI is InChI=1S/C22H36N7O17P3S/c1-22(2,17(33)20(34)25-4-3-13(31)24-5-6-50-11-30)8-43-49(40,41)46-48(38,39)42-7-12-16(45-47(35,36)37)15(32)21(44-12)29-10-28-14-18(23)26-9-27-19(14)29/h9-12,15-17,21,32-33H,3-8H2,1-2H3,(H,24,31)(H,25,34)(H,38,39)(H,40,41)(H2,23,26,27)(H2,35,36,37)/p-4. The van der Waals surface area contributed by atoms with Crippen molar-refractivity contribution >= 4 is 69.6 Å². The van der Waals surface area contributed by atoms with Crippen molar-refractivity contribution in [3.63, 3.8) is 0 Å². The fraction of sp³-hybridized carbons (Fsp3) is 0.636. The number of aromatic nitrogens is 4. The van der Waals surface area contributed by atoms with Crippen LogP contribution in [0.3, 0.4) is 0 Å². The number of ether oxygens (including phenoxy) is 1. The first kappa shape index (κ1) is 42.0. The number of carbonyl (C=O) groups is 3. The van der Waals surface area contributed by atoms with Crippen molar-refractivity contribution in [1.29, 1.82) is 0 Å². The molecule has 28 heteroatoms. The predicted octanol–water partition coefficient (Wildman–Crippen LogP) is -4.20. The third-order valence-electron chi connectivity index (χ3n) is 6.66. The number of nitrogens with two attached hydrogens (primary N) is 1. The van der Waals surface area contributed by atoms with Gasteiger partial charge in [-0.3, -0.25) is 28.1 Å². The Morgan fingerprint density at radius 2 is 1.82 bits per heavy atom. The first-order valence-corrected chi connectivity index (χ1v) is 19.5. The van der Waals surface area contributed by atoms with Gasteiger partial charge < -0.3 is 69.0 Å². The monoisotopic (exact) mass is 791 g/mol. The summed E-state index contributed by atoms with van der Waals surface area (Å²) in [5.74, 6) is -1.20. The maximum Gasteiger partial charge on any atom is 0.274 e. The lowest BCUT2D eigenvalue weighted by atomic mass is 9.87. The maximum atomic E-state index is 12.4. The molecule has 6 N–H and O–H groups in total. The molecule has 7 atom stereocenters. The number of thioether (sulfide) groups is 1. The predicted molar refractivity (Wildman–Crippen MR) is 160 cm³/mol. The minimum absolute atomic E-state index is 0.0209. The highest BCUT2D eigenvalue weighted by molar-refractivity contribution is 8.11. The van der Waals surface area contributed by atoms with Crippen LogP contribution in [0.25, 0.3) is 11.2 Å². The molecule has 1 fully saturated rings. The summed E-state index contributed by atoms with van der Waals surface area (Å²) in [6, 6.07) is 0. The zero-order valence-electron chi connectivity index (χ0n) is 26.0. The highest BCUT2D eigenvalue weighted by Gasteiger charge is 2.47. The molecule has 50 heavy (non-hydrogen) atoms. The van der Waals surface area contributed by atoms with Gasteiger partial charge in [0.2, 0.25) is 11.8 Å². The van der Waals surface area contributed by atoms with E-state index >= 15 is 0 Å². The van der Waals surface area contributed by atoms with Gasteiger partial charge in [0, 0.05) is 30.7 Å². The van der Waals surface area contributed by atoms with Crippen molar-refractivity contribution in [2.45, 2.75) is 50.9 Å². The van der Waals surface area contributed by atoms with Crippen LogP contribution in [0.5, 0.6) is 0 Å². The van der Waals surface area contributed by atoms with Gasteiger partial charge in [0.1, 0.15) is 36.3 Å². The van der Waals surface area contributed by atoms with E-state index in [0.29, 0.717) is 11.4 Å². The molecule has 0 aliphatic carbocycles. The number of carbonyl (C=O) groups excluding carboxylic acids is 3. The summed E-state index contributed by atoms with van der Waals surface area (Å²) >= 11 is 0.949. The molecule has 1 saturated heterocycles. The van der Waals surface area contributed by atoms with Crippen LogP contribution in [0.15, 0.2) is 12.7 Å².